The minimum atomic E-state index is 0.117. The number of hydrogen-bond acceptors (Lipinski definition) is 5. The van der Waals surface area contributed by atoms with Gasteiger partial charge < -0.3 is 14.9 Å². The Hall–Kier alpha value is -1.88. The van der Waals surface area contributed by atoms with Crippen molar-refractivity contribution in [2.24, 2.45) is 5.41 Å². The van der Waals surface area contributed by atoms with Crippen molar-refractivity contribution in [2.45, 2.75) is 26.2 Å². The molecule has 5 nitrogen and oxygen atoms in total. The van der Waals surface area contributed by atoms with E-state index in [1.54, 1.807) is 0 Å². The van der Waals surface area contributed by atoms with Gasteiger partial charge in [-0.15, -0.1) is 0 Å². The van der Waals surface area contributed by atoms with Crippen LogP contribution in [0.2, 0.25) is 0 Å². The molecule has 1 unspecified atom stereocenters. The molecule has 1 fully saturated rings. The normalized spacial score (nSPS) is 19.9. The lowest BCUT2D eigenvalue weighted by molar-refractivity contribution is 0.311. The fraction of sp³-hybridized carbons (Fsp3) is 0.467. The molecule has 2 aromatic rings. The number of rotatable bonds is 5. The topological polar surface area (TPSA) is 71.2 Å². The summed E-state index contributed by atoms with van der Waals surface area (Å²) in [6.07, 6.45) is 1.12. The van der Waals surface area contributed by atoms with Crippen LogP contribution in [0.5, 0.6) is 0 Å². The lowest BCUT2D eigenvalue weighted by atomic mass is 10.1. The predicted octanol–water partition coefficient (Wildman–Crippen LogP) is 2.65. The number of aliphatic hydroxyl groups is 1. The average Bonchev–Trinajstić information content (AvgIpc) is 2.89. The number of anilines is 1. The Kier molecular flexibility index (Phi) is 3.22. The maximum Gasteiger partial charge on any atom is 0.257 e. The van der Waals surface area contributed by atoms with Crippen LogP contribution in [-0.2, 0) is 0 Å². The summed E-state index contributed by atoms with van der Waals surface area (Å²) in [6.45, 7) is 5.09. The molecule has 106 valence electrons. The van der Waals surface area contributed by atoms with Crippen LogP contribution in [0.15, 0.2) is 28.8 Å². The highest BCUT2D eigenvalue weighted by Crippen LogP contribution is 2.57. The van der Waals surface area contributed by atoms with Gasteiger partial charge in [-0.1, -0.05) is 19.0 Å². The van der Waals surface area contributed by atoms with E-state index in [1.165, 1.54) is 0 Å². The molecule has 0 amide bonds. The van der Waals surface area contributed by atoms with Gasteiger partial charge in [-0.3, -0.25) is 0 Å². The van der Waals surface area contributed by atoms with Crippen LogP contribution in [0, 0.1) is 5.41 Å². The quantitative estimate of drug-likeness (QED) is 0.876. The number of hydrogen-bond donors (Lipinski definition) is 2. The van der Waals surface area contributed by atoms with Gasteiger partial charge in [0.05, 0.1) is 6.61 Å². The Labute approximate surface area is 118 Å². The van der Waals surface area contributed by atoms with Gasteiger partial charge in [0.25, 0.3) is 5.89 Å². The molecule has 1 aromatic carbocycles. The van der Waals surface area contributed by atoms with Gasteiger partial charge in [0.15, 0.2) is 5.82 Å². The monoisotopic (exact) mass is 273 g/mol. The molecule has 0 spiro atoms. The van der Waals surface area contributed by atoms with Crippen molar-refractivity contribution < 1.29 is 9.63 Å². The molecule has 2 N–H and O–H groups in total. The van der Waals surface area contributed by atoms with Gasteiger partial charge in [-0.25, -0.2) is 0 Å². The first-order valence-corrected chi connectivity index (χ1v) is 6.89. The van der Waals surface area contributed by atoms with Crippen LogP contribution in [-0.4, -0.2) is 28.4 Å². The number of nitrogens with zero attached hydrogens (tertiary/aromatic N) is 2. The summed E-state index contributed by atoms with van der Waals surface area (Å²) in [7, 11) is 0. The highest BCUT2D eigenvalue weighted by atomic mass is 16.5. The maximum absolute atomic E-state index is 8.77. The Bertz CT molecular complexity index is 589. The molecular weight excluding hydrogens is 254 g/mol. The average molecular weight is 273 g/mol. The first kappa shape index (κ1) is 13.1. The van der Waals surface area contributed by atoms with Crippen molar-refractivity contribution in [1.29, 1.82) is 0 Å². The summed E-state index contributed by atoms with van der Waals surface area (Å²) >= 11 is 0. The largest absolute Gasteiger partial charge is 0.395 e. The van der Waals surface area contributed by atoms with Crippen LogP contribution < -0.4 is 5.32 Å². The van der Waals surface area contributed by atoms with E-state index in [1.807, 2.05) is 24.3 Å². The predicted molar refractivity (Wildman–Crippen MR) is 76.4 cm³/mol. The molecule has 1 heterocycles. The van der Waals surface area contributed by atoms with E-state index < -0.39 is 0 Å². The Balaban J connectivity index is 1.73. The van der Waals surface area contributed by atoms with Gasteiger partial charge in [-0.2, -0.15) is 4.98 Å². The van der Waals surface area contributed by atoms with Crippen molar-refractivity contribution in [3.05, 3.63) is 30.1 Å². The van der Waals surface area contributed by atoms with E-state index in [4.69, 9.17) is 9.63 Å². The van der Waals surface area contributed by atoms with Crippen LogP contribution in [0.25, 0.3) is 11.5 Å². The van der Waals surface area contributed by atoms with Crippen LogP contribution in [0.4, 0.5) is 5.69 Å². The van der Waals surface area contributed by atoms with E-state index in [0.717, 1.165) is 23.5 Å². The van der Waals surface area contributed by atoms with Crippen molar-refractivity contribution in [1.82, 2.24) is 10.1 Å². The second-order valence-corrected chi connectivity index (χ2v) is 5.93. The molecule has 0 radical (unpaired) electrons. The third kappa shape index (κ3) is 2.54. The third-order valence-corrected chi connectivity index (χ3v) is 3.84. The summed E-state index contributed by atoms with van der Waals surface area (Å²) in [5.41, 5.74) is 2.18. The maximum atomic E-state index is 8.77. The molecule has 0 aliphatic heterocycles. The van der Waals surface area contributed by atoms with Crippen LogP contribution in [0.1, 0.15) is 32.0 Å². The summed E-state index contributed by atoms with van der Waals surface area (Å²) in [4.78, 5) is 4.49. The number of benzene rings is 1. The molecule has 1 aliphatic carbocycles. The van der Waals surface area contributed by atoms with Gasteiger partial charge in [0.2, 0.25) is 0 Å². The molecule has 1 aromatic heterocycles. The second-order valence-electron chi connectivity index (χ2n) is 5.93. The van der Waals surface area contributed by atoms with E-state index in [9.17, 15) is 0 Å². The summed E-state index contributed by atoms with van der Waals surface area (Å²) < 4.78 is 5.34. The molecule has 3 rings (SSSR count). The second kappa shape index (κ2) is 4.90. The molecule has 0 bridgehead atoms. The molecule has 1 saturated carbocycles. The lowest BCUT2D eigenvalue weighted by Gasteiger charge is -2.03. The van der Waals surface area contributed by atoms with Crippen molar-refractivity contribution in [2.75, 3.05) is 18.5 Å². The highest BCUT2D eigenvalue weighted by molar-refractivity contribution is 5.58. The molecule has 1 atom stereocenters. The van der Waals surface area contributed by atoms with Gasteiger partial charge >= 0.3 is 0 Å². The van der Waals surface area contributed by atoms with Gasteiger partial charge in [-0.05, 0) is 36.1 Å². The molecule has 5 heteroatoms. The lowest BCUT2D eigenvalue weighted by Crippen LogP contribution is -2.04. The summed E-state index contributed by atoms with van der Waals surface area (Å²) in [6, 6.07) is 7.76. The van der Waals surface area contributed by atoms with E-state index in [2.05, 4.69) is 29.3 Å². The van der Waals surface area contributed by atoms with Crippen molar-refractivity contribution in [3.8, 4) is 11.5 Å². The standard InChI is InChI=1S/C15H19N3O2/c1-15(2)9-12(15)13-17-14(20-18-13)10-3-5-11(6-4-10)16-7-8-19/h3-6,12,16,19H,7-9H2,1-2H3. The van der Waals surface area contributed by atoms with Crippen LogP contribution >= 0.6 is 0 Å². The molecule has 1 aliphatic rings. The minimum Gasteiger partial charge on any atom is -0.395 e. The van der Waals surface area contributed by atoms with Crippen LogP contribution in [0.3, 0.4) is 0 Å². The summed E-state index contributed by atoms with van der Waals surface area (Å²) in [5.74, 6) is 1.80. The highest BCUT2D eigenvalue weighted by Gasteiger charge is 2.49. The fourth-order valence-corrected chi connectivity index (χ4v) is 2.33. The SMILES string of the molecule is CC1(C)CC1c1noc(-c2ccc(NCCO)cc2)n1. The Morgan fingerprint density at radius 3 is 2.65 bits per heavy atom. The number of aliphatic hydroxyl groups excluding tert-OH is 1. The van der Waals surface area contributed by atoms with Crippen molar-refractivity contribution in [3.63, 3.8) is 0 Å². The molecule has 0 saturated heterocycles. The number of nitrogens with one attached hydrogen (secondary N) is 1. The van der Waals surface area contributed by atoms with Gasteiger partial charge in [0.1, 0.15) is 0 Å². The Morgan fingerprint density at radius 1 is 1.35 bits per heavy atom. The van der Waals surface area contributed by atoms with E-state index in [-0.39, 0.29) is 6.61 Å². The Morgan fingerprint density at radius 2 is 2.05 bits per heavy atom. The van der Waals surface area contributed by atoms with Crippen molar-refractivity contribution >= 4 is 5.69 Å². The third-order valence-electron chi connectivity index (χ3n) is 3.84. The van der Waals surface area contributed by atoms with Gasteiger partial charge in [0, 0.05) is 23.7 Å². The molecular formula is C15H19N3O2. The first-order valence-electron chi connectivity index (χ1n) is 6.89. The fourth-order valence-electron chi connectivity index (χ4n) is 2.33. The van der Waals surface area contributed by atoms with E-state index >= 15 is 0 Å². The smallest absolute Gasteiger partial charge is 0.257 e. The first-order chi connectivity index (χ1) is 9.60. The van der Waals surface area contributed by atoms with E-state index in [0.29, 0.717) is 23.8 Å². The zero-order valence-electron chi connectivity index (χ0n) is 11.8. The number of aromatic nitrogens is 2. The minimum absolute atomic E-state index is 0.117. The summed E-state index contributed by atoms with van der Waals surface area (Å²) in [5, 5.41) is 16.0. The molecule has 20 heavy (non-hydrogen) atoms. The zero-order chi connectivity index (χ0) is 14.2. The zero-order valence-corrected chi connectivity index (χ0v) is 11.8.